The number of carboxylic acids is 1. The number of carboxylic acid groups (broad SMARTS) is 1. The van der Waals surface area contributed by atoms with Gasteiger partial charge in [-0.25, -0.2) is 4.79 Å². The fourth-order valence-electron chi connectivity index (χ4n) is 2.11. The zero-order chi connectivity index (χ0) is 17.0. The highest BCUT2D eigenvalue weighted by atomic mass is 32.2. The first-order chi connectivity index (χ1) is 10.9. The van der Waals surface area contributed by atoms with Gasteiger partial charge in [-0.3, -0.25) is 9.69 Å². The van der Waals surface area contributed by atoms with E-state index in [-0.39, 0.29) is 10.1 Å². The predicted molar refractivity (Wildman–Crippen MR) is 97.5 cm³/mol. The molecule has 0 bridgehead atoms. The third kappa shape index (κ3) is 4.27. The van der Waals surface area contributed by atoms with Gasteiger partial charge in [-0.15, -0.1) is 0 Å². The molecule has 0 aliphatic carbocycles. The summed E-state index contributed by atoms with van der Waals surface area (Å²) in [5, 5.41) is 18.9. The number of amides is 1. The van der Waals surface area contributed by atoms with Crippen molar-refractivity contribution in [1.29, 1.82) is 0 Å². The Kier molecular flexibility index (Phi) is 6.09. The highest BCUT2D eigenvalue weighted by Gasteiger charge is 2.40. The number of phenolic OH excluding ortho intramolecular Hbond substituents is 1. The number of hydrogen-bond donors (Lipinski definition) is 2. The van der Waals surface area contributed by atoms with Crippen LogP contribution in [0.5, 0.6) is 5.75 Å². The van der Waals surface area contributed by atoms with E-state index >= 15 is 0 Å². The van der Waals surface area contributed by atoms with E-state index in [1.165, 1.54) is 28.8 Å². The molecule has 1 fully saturated rings. The van der Waals surface area contributed by atoms with Gasteiger partial charge in [0, 0.05) is 0 Å². The molecule has 1 aromatic rings. The molecule has 23 heavy (non-hydrogen) atoms. The lowest BCUT2D eigenvalue weighted by Gasteiger charge is -2.22. The molecule has 2 rings (SSSR count). The first-order valence-electron chi connectivity index (χ1n) is 6.72. The van der Waals surface area contributed by atoms with E-state index in [0.29, 0.717) is 22.6 Å². The van der Waals surface area contributed by atoms with Gasteiger partial charge in [0.1, 0.15) is 16.1 Å². The largest absolute Gasteiger partial charge is 0.508 e. The summed E-state index contributed by atoms with van der Waals surface area (Å²) in [7, 11) is 0. The van der Waals surface area contributed by atoms with E-state index in [2.05, 4.69) is 0 Å². The van der Waals surface area contributed by atoms with Gasteiger partial charge in [0.2, 0.25) is 0 Å². The maximum absolute atomic E-state index is 12.5. The summed E-state index contributed by atoms with van der Waals surface area (Å²) in [5.74, 6) is -0.747. The molecule has 1 heterocycles. The number of carbonyl (C=O) groups excluding carboxylic acids is 1. The van der Waals surface area contributed by atoms with Gasteiger partial charge in [-0.2, -0.15) is 11.8 Å². The third-order valence-electron chi connectivity index (χ3n) is 3.18. The van der Waals surface area contributed by atoms with Gasteiger partial charge in [-0.1, -0.05) is 36.1 Å². The zero-order valence-corrected chi connectivity index (χ0v) is 14.7. The monoisotopic (exact) mass is 369 g/mol. The van der Waals surface area contributed by atoms with Crippen molar-refractivity contribution in [2.24, 2.45) is 0 Å². The lowest BCUT2D eigenvalue weighted by atomic mass is 10.1. The molecule has 1 amide bonds. The topological polar surface area (TPSA) is 77.8 Å². The van der Waals surface area contributed by atoms with Gasteiger partial charge >= 0.3 is 5.97 Å². The van der Waals surface area contributed by atoms with Crippen LogP contribution in [0, 0.1) is 0 Å². The van der Waals surface area contributed by atoms with Crippen LogP contribution in [0.3, 0.4) is 0 Å². The van der Waals surface area contributed by atoms with E-state index in [1.54, 1.807) is 18.2 Å². The summed E-state index contributed by atoms with van der Waals surface area (Å²) in [6, 6.07) is 5.51. The molecule has 1 aliphatic heterocycles. The van der Waals surface area contributed by atoms with Gasteiger partial charge in [0.15, 0.2) is 0 Å². The van der Waals surface area contributed by atoms with Crippen LogP contribution in [-0.4, -0.2) is 49.4 Å². The number of aromatic hydroxyl groups is 1. The summed E-state index contributed by atoms with van der Waals surface area (Å²) >= 11 is 7.79. The number of thiocarbonyl (C=S) groups is 1. The number of carbonyl (C=O) groups is 2. The Labute approximate surface area is 147 Å². The Morgan fingerprint density at radius 2 is 2.26 bits per heavy atom. The van der Waals surface area contributed by atoms with Crippen LogP contribution in [-0.2, 0) is 9.59 Å². The van der Waals surface area contributed by atoms with E-state index in [1.807, 2.05) is 6.26 Å². The summed E-state index contributed by atoms with van der Waals surface area (Å²) < 4.78 is 0.245. The normalized spacial score (nSPS) is 17.8. The van der Waals surface area contributed by atoms with Crippen LogP contribution in [0.4, 0.5) is 0 Å². The molecule has 1 aliphatic rings. The van der Waals surface area contributed by atoms with Crippen molar-refractivity contribution in [3.8, 4) is 5.75 Å². The Hall–Kier alpha value is -1.51. The average molecular weight is 369 g/mol. The second-order valence-corrected chi connectivity index (χ2v) is 7.44. The molecule has 1 atom stereocenters. The van der Waals surface area contributed by atoms with Crippen LogP contribution in [0.2, 0.25) is 0 Å². The molecular formula is C15H15NO4S3. The molecule has 0 unspecified atom stereocenters. The van der Waals surface area contributed by atoms with Crippen molar-refractivity contribution in [3.05, 3.63) is 34.7 Å². The summed E-state index contributed by atoms with van der Waals surface area (Å²) in [6.45, 7) is 0. The standard InChI is InChI=1S/C15H15NO4S3/c1-22-6-5-11(14(19)20)16-13(18)12(23-15(16)21)8-9-3-2-4-10(17)7-9/h2-4,7-8,11,17H,5-6H2,1H3,(H,19,20)/b12-8+/t11-/m0/s1. The van der Waals surface area contributed by atoms with Crippen LogP contribution in [0.1, 0.15) is 12.0 Å². The second kappa shape index (κ2) is 7.85. The molecule has 8 heteroatoms. The summed E-state index contributed by atoms with van der Waals surface area (Å²) in [6.07, 6.45) is 3.82. The highest BCUT2D eigenvalue weighted by Crippen LogP contribution is 2.35. The van der Waals surface area contributed by atoms with Crippen molar-refractivity contribution in [1.82, 2.24) is 4.90 Å². The SMILES string of the molecule is CSCC[C@@H](C(=O)O)N1C(=O)/C(=C\c2cccc(O)c2)SC1=S. The third-order valence-corrected chi connectivity index (χ3v) is 5.16. The molecular weight excluding hydrogens is 354 g/mol. The minimum atomic E-state index is -1.06. The Bertz CT molecular complexity index is 674. The zero-order valence-electron chi connectivity index (χ0n) is 12.3. The number of phenols is 1. The van der Waals surface area contributed by atoms with Crippen molar-refractivity contribution in [2.45, 2.75) is 12.5 Å². The first kappa shape index (κ1) is 17.8. The molecule has 0 spiro atoms. The number of hydrogen-bond acceptors (Lipinski definition) is 6. The van der Waals surface area contributed by atoms with Gasteiger partial charge in [0.25, 0.3) is 5.91 Å². The van der Waals surface area contributed by atoms with E-state index in [9.17, 15) is 19.8 Å². The average Bonchev–Trinajstić information content (AvgIpc) is 2.75. The summed E-state index contributed by atoms with van der Waals surface area (Å²) in [5.41, 5.74) is 0.654. The van der Waals surface area contributed by atoms with Crippen LogP contribution >= 0.6 is 35.7 Å². The maximum Gasteiger partial charge on any atom is 0.326 e. The van der Waals surface area contributed by atoms with Gasteiger partial charge in [0.05, 0.1) is 4.91 Å². The fourth-order valence-corrected chi connectivity index (χ4v) is 3.92. The fraction of sp³-hybridized carbons (Fsp3) is 0.267. The Balaban J connectivity index is 2.26. The van der Waals surface area contributed by atoms with Crippen LogP contribution in [0.15, 0.2) is 29.2 Å². The number of rotatable bonds is 6. The van der Waals surface area contributed by atoms with Gasteiger partial charge < -0.3 is 10.2 Å². The first-order valence-corrected chi connectivity index (χ1v) is 9.33. The van der Waals surface area contributed by atoms with Gasteiger partial charge in [-0.05, 0) is 42.2 Å². The van der Waals surface area contributed by atoms with Crippen molar-refractivity contribution in [3.63, 3.8) is 0 Å². The molecule has 0 aromatic heterocycles. The van der Waals surface area contributed by atoms with E-state index in [4.69, 9.17) is 12.2 Å². The van der Waals surface area contributed by atoms with Crippen molar-refractivity contribution < 1.29 is 19.8 Å². The number of nitrogens with zero attached hydrogens (tertiary/aromatic N) is 1. The second-order valence-electron chi connectivity index (χ2n) is 4.78. The Morgan fingerprint density at radius 1 is 1.52 bits per heavy atom. The number of aliphatic carboxylic acids is 1. The number of thioether (sulfide) groups is 2. The minimum Gasteiger partial charge on any atom is -0.508 e. The van der Waals surface area contributed by atoms with Crippen LogP contribution < -0.4 is 0 Å². The summed E-state index contributed by atoms with van der Waals surface area (Å²) in [4.78, 5) is 25.5. The molecule has 0 radical (unpaired) electrons. The van der Waals surface area contributed by atoms with Crippen LogP contribution in [0.25, 0.3) is 6.08 Å². The molecule has 122 valence electrons. The molecule has 2 N–H and O–H groups in total. The smallest absolute Gasteiger partial charge is 0.326 e. The minimum absolute atomic E-state index is 0.0950. The Morgan fingerprint density at radius 3 is 2.87 bits per heavy atom. The maximum atomic E-state index is 12.5. The predicted octanol–water partition coefficient (Wildman–Crippen LogP) is 2.80. The quantitative estimate of drug-likeness (QED) is 0.590. The lowest BCUT2D eigenvalue weighted by Crippen LogP contribution is -2.44. The highest BCUT2D eigenvalue weighted by molar-refractivity contribution is 8.26. The number of benzene rings is 1. The van der Waals surface area contributed by atoms with E-state index in [0.717, 1.165) is 11.8 Å². The van der Waals surface area contributed by atoms with Crippen molar-refractivity contribution >= 4 is 58.0 Å². The van der Waals surface area contributed by atoms with Crippen molar-refractivity contribution in [2.75, 3.05) is 12.0 Å². The molecule has 5 nitrogen and oxygen atoms in total. The molecule has 1 saturated heterocycles. The molecule has 1 aromatic carbocycles. The molecule has 0 saturated carbocycles. The lowest BCUT2D eigenvalue weighted by molar-refractivity contribution is -0.145. The van der Waals surface area contributed by atoms with E-state index < -0.39 is 17.9 Å².